The van der Waals surface area contributed by atoms with Gasteiger partial charge in [0.2, 0.25) is 0 Å². The normalized spacial score (nSPS) is 18.9. The third kappa shape index (κ3) is 4.13. The standard InChI is InChI=1S/C18H26FNO/c1-13(2)15-8-10-20(11-9-15)12-14(3)18(21)16-6-4-5-7-17(16)19/h4-7,13-15H,8-12H2,1-3H3. The minimum atomic E-state index is -0.409. The second-order valence-corrected chi connectivity index (χ2v) is 6.63. The maximum Gasteiger partial charge on any atom is 0.169 e. The number of carbonyl (C=O) groups excluding carboxylic acids is 1. The fourth-order valence-corrected chi connectivity index (χ4v) is 3.20. The lowest BCUT2D eigenvalue weighted by atomic mass is 9.86. The predicted molar refractivity (Wildman–Crippen MR) is 83.9 cm³/mol. The first-order valence-electron chi connectivity index (χ1n) is 8.00. The Balaban J connectivity index is 1.89. The highest BCUT2D eigenvalue weighted by Crippen LogP contribution is 2.25. The van der Waals surface area contributed by atoms with Gasteiger partial charge in [-0.25, -0.2) is 4.39 Å². The molecular formula is C18H26FNO. The van der Waals surface area contributed by atoms with Crippen molar-refractivity contribution in [1.29, 1.82) is 0 Å². The molecule has 0 saturated carbocycles. The van der Waals surface area contributed by atoms with Crippen molar-refractivity contribution in [3.8, 4) is 0 Å². The van der Waals surface area contributed by atoms with Crippen molar-refractivity contribution < 1.29 is 9.18 Å². The van der Waals surface area contributed by atoms with E-state index in [2.05, 4.69) is 18.7 Å². The van der Waals surface area contributed by atoms with Gasteiger partial charge >= 0.3 is 0 Å². The number of halogens is 1. The average Bonchev–Trinajstić information content (AvgIpc) is 2.47. The number of likely N-dealkylation sites (tertiary alicyclic amines) is 1. The molecule has 0 amide bonds. The zero-order chi connectivity index (χ0) is 15.4. The number of ketones is 1. The quantitative estimate of drug-likeness (QED) is 0.764. The zero-order valence-electron chi connectivity index (χ0n) is 13.3. The number of hydrogen-bond acceptors (Lipinski definition) is 2. The van der Waals surface area contributed by atoms with Gasteiger partial charge in [0.15, 0.2) is 5.78 Å². The lowest BCUT2D eigenvalue weighted by molar-refractivity contribution is 0.0853. The first-order valence-corrected chi connectivity index (χ1v) is 8.00. The Morgan fingerprint density at radius 2 is 1.86 bits per heavy atom. The Morgan fingerprint density at radius 1 is 1.24 bits per heavy atom. The van der Waals surface area contributed by atoms with Gasteiger partial charge in [-0.05, 0) is 49.9 Å². The molecule has 0 bridgehead atoms. The van der Waals surface area contributed by atoms with Crippen LogP contribution in [0.2, 0.25) is 0 Å². The number of hydrogen-bond donors (Lipinski definition) is 0. The lowest BCUT2D eigenvalue weighted by Gasteiger charge is -2.35. The summed E-state index contributed by atoms with van der Waals surface area (Å²) < 4.78 is 13.7. The van der Waals surface area contributed by atoms with Crippen LogP contribution >= 0.6 is 0 Å². The summed E-state index contributed by atoms with van der Waals surface area (Å²) in [4.78, 5) is 14.7. The van der Waals surface area contributed by atoms with Crippen molar-refractivity contribution in [2.75, 3.05) is 19.6 Å². The van der Waals surface area contributed by atoms with E-state index in [1.54, 1.807) is 18.2 Å². The Bertz CT molecular complexity index is 478. The molecule has 0 aliphatic carbocycles. The molecule has 3 heteroatoms. The molecule has 1 heterocycles. The number of benzene rings is 1. The topological polar surface area (TPSA) is 20.3 Å². The van der Waals surface area contributed by atoms with Crippen LogP contribution in [-0.2, 0) is 0 Å². The van der Waals surface area contributed by atoms with Crippen LogP contribution in [0.4, 0.5) is 4.39 Å². The second kappa shape index (κ2) is 7.17. The Kier molecular flexibility index (Phi) is 5.51. The van der Waals surface area contributed by atoms with Gasteiger partial charge in [0.25, 0.3) is 0 Å². The highest BCUT2D eigenvalue weighted by atomic mass is 19.1. The highest BCUT2D eigenvalue weighted by molar-refractivity contribution is 5.98. The van der Waals surface area contributed by atoms with Gasteiger partial charge in [-0.15, -0.1) is 0 Å². The van der Waals surface area contributed by atoms with Gasteiger partial charge in [-0.2, -0.15) is 0 Å². The summed E-state index contributed by atoms with van der Waals surface area (Å²) in [6, 6.07) is 6.28. The van der Waals surface area contributed by atoms with E-state index < -0.39 is 5.82 Å². The van der Waals surface area contributed by atoms with Gasteiger partial charge < -0.3 is 4.90 Å². The van der Waals surface area contributed by atoms with E-state index in [1.165, 1.54) is 18.9 Å². The van der Waals surface area contributed by atoms with Crippen molar-refractivity contribution in [2.24, 2.45) is 17.8 Å². The Labute approximate surface area is 127 Å². The Morgan fingerprint density at radius 3 is 2.43 bits per heavy atom. The first kappa shape index (κ1) is 16.2. The number of Topliss-reactive ketones (excluding diaryl/α,β-unsaturated/α-hetero) is 1. The molecule has 2 nitrogen and oxygen atoms in total. The van der Waals surface area contributed by atoms with Crippen molar-refractivity contribution in [2.45, 2.75) is 33.6 Å². The lowest BCUT2D eigenvalue weighted by Crippen LogP contribution is -2.39. The predicted octanol–water partition coefficient (Wildman–Crippen LogP) is 4.01. The van der Waals surface area contributed by atoms with Crippen LogP contribution in [0.15, 0.2) is 24.3 Å². The summed E-state index contributed by atoms with van der Waals surface area (Å²) in [5.41, 5.74) is 0.224. The third-order valence-electron chi connectivity index (χ3n) is 4.69. The van der Waals surface area contributed by atoms with Crippen molar-refractivity contribution in [1.82, 2.24) is 4.90 Å². The van der Waals surface area contributed by atoms with Gasteiger partial charge in [0.1, 0.15) is 5.82 Å². The average molecular weight is 291 g/mol. The van der Waals surface area contributed by atoms with E-state index in [-0.39, 0.29) is 17.3 Å². The first-order chi connectivity index (χ1) is 9.99. The smallest absolute Gasteiger partial charge is 0.169 e. The summed E-state index contributed by atoms with van der Waals surface area (Å²) in [6.45, 7) is 9.31. The SMILES string of the molecule is CC(CN1CCC(C(C)C)CC1)C(=O)c1ccccc1F. The fourth-order valence-electron chi connectivity index (χ4n) is 3.20. The monoisotopic (exact) mass is 291 g/mol. The molecule has 1 atom stereocenters. The van der Waals surface area contributed by atoms with Crippen molar-refractivity contribution in [3.63, 3.8) is 0 Å². The molecule has 116 valence electrons. The molecular weight excluding hydrogens is 265 g/mol. The van der Waals surface area contributed by atoms with E-state index in [4.69, 9.17) is 0 Å². The van der Waals surface area contributed by atoms with E-state index in [0.29, 0.717) is 0 Å². The van der Waals surface area contributed by atoms with Crippen LogP contribution in [0.5, 0.6) is 0 Å². The molecule has 0 radical (unpaired) electrons. The van der Waals surface area contributed by atoms with Crippen LogP contribution in [0, 0.1) is 23.6 Å². The summed E-state index contributed by atoms with van der Waals surface area (Å²) in [5, 5.41) is 0. The maximum atomic E-state index is 13.7. The number of rotatable bonds is 5. The number of carbonyl (C=O) groups is 1. The van der Waals surface area contributed by atoms with Crippen molar-refractivity contribution >= 4 is 5.78 Å². The molecule has 1 unspecified atom stereocenters. The molecule has 2 rings (SSSR count). The summed E-state index contributed by atoms with van der Waals surface area (Å²) in [5.74, 6) is 0.896. The number of nitrogens with zero attached hydrogens (tertiary/aromatic N) is 1. The largest absolute Gasteiger partial charge is 0.303 e. The number of piperidine rings is 1. The molecule has 21 heavy (non-hydrogen) atoms. The third-order valence-corrected chi connectivity index (χ3v) is 4.69. The Hall–Kier alpha value is -1.22. The van der Waals surface area contributed by atoms with Gasteiger partial charge in [-0.3, -0.25) is 4.79 Å². The van der Waals surface area contributed by atoms with Crippen molar-refractivity contribution in [3.05, 3.63) is 35.6 Å². The van der Waals surface area contributed by atoms with E-state index in [0.717, 1.165) is 31.5 Å². The minimum Gasteiger partial charge on any atom is -0.303 e. The summed E-state index contributed by atoms with van der Waals surface area (Å²) in [7, 11) is 0. The van der Waals surface area contributed by atoms with Crippen LogP contribution in [0.25, 0.3) is 0 Å². The molecule has 1 aliphatic rings. The molecule has 1 aliphatic heterocycles. The van der Waals surface area contributed by atoms with E-state index in [1.807, 2.05) is 6.92 Å². The fraction of sp³-hybridized carbons (Fsp3) is 0.611. The molecule has 1 fully saturated rings. The molecule has 0 aromatic heterocycles. The van der Waals surface area contributed by atoms with Crippen LogP contribution in [0.1, 0.15) is 44.0 Å². The van der Waals surface area contributed by atoms with E-state index in [9.17, 15) is 9.18 Å². The molecule has 1 aromatic carbocycles. The van der Waals surface area contributed by atoms with Gasteiger partial charge in [-0.1, -0.05) is 32.9 Å². The summed E-state index contributed by atoms with van der Waals surface area (Å²) >= 11 is 0. The highest BCUT2D eigenvalue weighted by Gasteiger charge is 2.25. The zero-order valence-corrected chi connectivity index (χ0v) is 13.3. The van der Waals surface area contributed by atoms with Gasteiger partial charge in [0.05, 0.1) is 5.56 Å². The van der Waals surface area contributed by atoms with Crippen LogP contribution in [-0.4, -0.2) is 30.3 Å². The van der Waals surface area contributed by atoms with Crippen LogP contribution in [0.3, 0.4) is 0 Å². The van der Waals surface area contributed by atoms with E-state index >= 15 is 0 Å². The molecule has 0 N–H and O–H groups in total. The second-order valence-electron chi connectivity index (χ2n) is 6.63. The molecule has 1 saturated heterocycles. The molecule has 1 aromatic rings. The maximum absolute atomic E-state index is 13.7. The molecule has 0 spiro atoms. The minimum absolute atomic E-state index is 0.0842. The summed E-state index contributed by atoms with van der Waals surface area (Å²) in [6.07, 6.45) is 2.41. The van der Waals surface area contributed by atoms with Gasteiger partial charge in [0, 0.05) is 12.5 Å². The van der Waals surface area contributed by atoms with Crippen LogP contribution < -0.4 is 0 Å².